The van der Waals surface area contributed by atoms with E-state index in [9.17, 15) is 38.4 Å². The number of hydrogen-bond acceptors (Lipinski definition) is 14. The fourth-order valence-corrected chi connectivity index (χ4v) is 7.14. The fraction of sp³-hybridized carbons (Fsp3) is 0.138. The Balaban J connectivity index is 0.766. The summed E-state index contributed by atoms with van der Waals surface area (Å²) in [6.07, 6.45) is -0.348. The minimum Gasteiger partial charge on any atom is -0.481 e. The van der Waals surface area contributed by atoms with Crippen molar-refractivity contribution in [2.24, 2.45) is 0 Å². The van der Waals surface area contributed by atoms with Gasteiger partial charge in [0.15, 0.2) is 0 Å². The van der Waals surface area contributed by atoms with Crippen LogP contribution in [-0.2, 0) is 83.3 Å². The molecule has 74 heavy (non-hydrogen) atoms. The molecule has 0 radical (unpaired) electrons. The SMILES string of the molecule is CC(=O)Nc1ccc(CC(=O)Oc2ccc(CC(=O)Oc3ccc(CC(=O)Oc4ccc(CC(=O)Oc5ccc(CC(=O)Oc6ccc(CC(=O)Oc7ccc(CC(=O)O)cc7)cc6)cc5)cc4)cc3)cc2)cc1. The minimum absolute atomic E-state index is 0.0331. The van der Waals surface area contributed by atoms with E-state index in [0.717, 1.165) is 5.56 Å². The maximum atomic E-state index is 12.7. The van der Waals surface area contributed by atoms with Crippen LogP contribution in [0.25, 0.3) is 0 Å². The van der Waals surface area contributed by atoms with Crippen LogP contribution in [0.4, 0.5) is 5.69 Å². The number of carboxylic acids is 1. The Morgan fingerprint density at radius 1 is 0.297 bits per heavy atom. The summed E-state index contributed by atoms with van der Waals surface area (Å²) in [5.74, 6) is -2.50. The molecule has 0 aliphatic heterocycles. The third kappa shape index (κ3) is 17.3. The average Bonchev–Trinajstić information content (AvgIpc) is 3.35. The van der Waals surface area contributed by atoms with Gasteiger partial charge in [-0.05, 0) is 124 Å². The summed E-state index contributed by atoms with van der Waals surface area (Å²) >= 11 is 0. The number of rotatable bonds is 21. The summed E-state index contributed by atoms with van der Waals surface area (Å²) in [6.45, 7) is 1.41. The van der Waals surface area contributed by atoms with Crippen LogP contribution < -0.4 is 33.7 Å². The summed E-state index contributed by atoms with van der Waals surface area (Å²) in [4.78, 5) is 97.6. The van der Waals surface area contributed by atoms with Crippen LogP contribution in [0.2, 0.25) is 0 Å². The number of nitrogens with one attached hydrogen (secondary N) is 1. The molecule has 7 aromatic rings. The van der Waals surface area contributed by atoms with Gasteiger partial charge < -0.3 is 38.8 Å². The van der Waals surface area contributed by atoms with Gasteiger partial charge in [-0.2, -0.15) is 0 Å². The highest BCUT2D eigenvalue weighted by atomic mass is 16.6. The third-order valence-electron chi connectivity index (χ3n) is 10.7. The highest BCUT2D eigenvalue weighted by Crippen LogP contribution is 2.22. The first-order valence-electron chi connectivity index (χ1n) is 23.0. The number of carbonyl (C=O) groups excluding carboxylic acids is 7. The molecule has 0 aliphatic carbocycles. The predicted molar refractivity (Wildman–Crippen MR) is 267 cm³/mol. The molecule has 1 amide bonds. The minimum atomic E-state index is -0.960. The molecule has 7 aromatic carbocycles. The van der Waals surface area contributed by atoms with Crippen molar-refractivity contribution in [2.75, 3.05) is 5.32 Å². The predicted octanol–water partition coefficient (Wildman–Crippen LogP) is 8.16. The lowest BCUT2D eigenvalue weighted by Gasteiger charge is -2.09. The van der Waals surface area contributed by atoms with Gasteiger partial charge in [-0.25, -0.2) is 0 Å². The van der Waals surface area contributed by atoms with Crippen LogP contribution in [0.1, 0.15) is 45.9 Å². The maximum Gasteiger partial charge on any atom is 0.315 e. The van der Waals surface area contributed by atoms with Crippen molar-refractivity contribution in [1.82, 2.24) is 0 Å². The fourth-order valence-electron chi connectivity index (χ4n) is 7.14. The van der Waals surface area contributed by atoms with E-state index in [4.69, 9.17) is 33.5 Å². The average molecular weight is 998 g/mol. The highest BCUT2D eigenvalue weighted by Gasteiger charge is 2.15. The zero-order chi connectivity index (χ0) is 52.4. The molecule has 0 saturated carbocycles. The standard InChI is InChI=1S/C58H47NO15/c1-37(60)59-45-16-2-39(3-17-45)31-53(63)70-47-20-6-41(7-21-47)33-55(65)72-49-24-10-43(11-25-49)35-57(67)74-51-28-14-44(15-29-51)36-58(68)73-50-26-12-42(13-27-50)34-56(66)71-48-22-8-40(9-23-48)32-54(64)69-46-18-4-38(5-19-46)30-52(61)62/h2-29H,30-36H2,1H3,(H,59,60)(H,61,62). The summed E-state index contributed by atoms with van der Waals surface area (Å²) < 4.78 is 32.6. The van der Waals surface area contributed by atoms with Crippen LogP contribution in [0.5, 0.6) is 34.5 Å². The molecule has 0 saturated heterocycles. The number of hydrogen-bond donors (Lipinski definition) is 2. The number of amides is 1. The van der Waals surface area contributed by atoms with E-state index in [1.165, 1.54) is 19.1 Å². The van der Waals surface area contributed by atoms with Gasteiger partial charge in [0.2, 0.25) is 5.91 Å². The van der Waals surface area contributed by atoms with Crippen molar-refractivity contribution >= 4 is 53.4 Å². The molecular weight excluding hydrogens is 951 g/mol. The number of aliphatic carboxylic acids is 1. The smallest absolute Gasteiger partial charge is 0.315 e. The van der Waals surface area contributed by atoms with Crippen molar-refractivity contribution in [3.8, 4) is 34.5 Å². The van der Waals surface area contributed by atoms with Gasteiger partial charge in [-0.15, -0.1) is 0 Å². The summed E-state index contributed by atoms with van der Waals surface area (Å²) in [7, 11) is 0. The van der Waals surface area contributed by atoms with Gasteiger partial charge in [-0.1, -0.05) is 84.9 Å². The van der Waals surface area contributed by atoms with Gasteiger partial charge >= 0.3 is 41.8 Å². The number of anilines is 1. The second kappa shape index (κ2) is 25.4. The van der Waals surface area contributed by atoms with Crippen molar-refractivity contribution in [3.05, 3.63) is 209 Å². The molecule has 16 nitrogen and oxygen atoms in total. The van der Waals surface area contributed by atoms with Crippen LogP contribution >= 0.6 is 0 Å². The number of carbonyl (C=O) groups is 8. The summed E-state index contributed by atoms with van der Waals surface area (Å²) in [5.41, 5.74) is 5.06. The summed E-state index contributed by atoms with van der Waals surface area (Å²) in [5, 5.41) is 11.6. The lowest BCUT2D eigenvalue weighted by Crippen LogP contribution is -2.13. The van der Waals surface area contributed by atoms with Gasteiger partial charge in [0.1, 0.15) is 34.5 Å². The van der Waals surface area contributed by atoms with Crippen LogP contribution in [0.3, 0.4) is 0 Å². The molecule has 0 fully saturated rings. The number of benzene rings is 7. The Bertz CT molecular complexity index is 2900. The van der Waals surface area contributed by atoms with Crippen LogP contribution in [-0.4, -0.2) is 52.8 Å². The maximum absolute atomic E-state index is 12.7. The van der Waals surface area contributed by atoms with E-state index < -0.39 is 41.8 Å². The first-order valence-corrected chi connectivity index (χ1v) is 23.0. The van der Waals surface area contributed by atoms with Gasteiger partial charge in [-0.3, -0.25) is 38.4 Å². The Hall–Kier alpha value is -9.70. The van der Waals surface area contributed by atoms with E-state index >= 15 is 0 Å². The summed E-state index contributed by atoms with van der Waals surface area (Å²) in [6, 6.07) is 45.2. The van der Waals surface area contributed by atoms with Crippen LogP contribution in [0.15, 0.2) is 170 Å². The quantitative estimate of drug-likeness (QED) is 0.0512. The van der Waals surface area contributed by atoms with Gasteiger partial charge in [0.25, 0.3) is 0 Å². The zero-order valence-corrected chi connectivity index (χ0v) is 39.8. The molecule has 7 rings (SSSR count). The van der Waals surface area contributed by atoms with E-state index in [1.807, 2.05) is 0 Å². The molecule has 0 atom stereocenters. The molecule has 0 heterocycles. The lowest BCUT2D eigenvalue weighted by molar-refractivity contribution is -0.137. The first-order chi connectivity index (χ1) is 35.6. The Morgan fingerprint density at radius 2 is 0.473 bits per heavy atom. The highest BCUT2D eigenvalue weighted by molar-refractivity contribution is 5.88. The van der Waals surface area contributed by atoms with Gasteiger partial charge in [0, 0.05) is 12.6 Å². The first kappa shape index (κ1) is 52.1. The number of ether oxygens (including phenoxy) is 6. The topological polar surface area (TPSA) is 224 Å². The van der Waals surface area contributed by atoms with Gasteiger partial charge in [0.05, 0.1) is 44.9 Å². The monoisotopic (exact) mass is 997 g/mol. The second-order valence-corrected chi connectivity index (χ2v) is 16.7. The number of esters is 6. The van der Waals surface area contributed by atoms with E-state index in [-0.39, 0.29) is 73.9 Å². The Morgan fingerprint density at radius 3 is 0.649 bits per heavy atom. The number of carboxylic acid groups (broad SMARTS) is 1. The third-order valence-corrected chi connectivity index (χ3v) is 10.7. The molecule has 0 aromatic heterocycles. The van der Waals surface area contributed by atoms with Crippen molar-refractivity contribution in [2.45, 2.75) is 51.9 Å². The van der Waals surface area contributed by atoms with Crippen molar-refractivity contribution < 1.29 is 71.9 Å². The van der Waals surface area contributed by atoms with E-state index in [2.05, 4.69) is 5.32 Å². The van der Waals surface area contributed by atoms with Crippen molar-refractivity contribution in [3.63, 3.8) is 0 Å². The Labute approximate surface area is 424 Å². The van der Waals surface area contributed by atoms with E-state index in [0.29, 0.717) is 50.6 Å². The normalized spacial score (nSPS) is 10.6. The molecule has 0 unspecified atom stereocenters. The molecular formula is C58H47NO15. The van der Waals surface area contributed by atoms with E-state index in [1.54, 1.807) is 158 Å². The molecule has 374 valence electrons. The lowest BCUT2D eigenvalue weighted by atomic mass is 10.1. The molecule has 16 heteroatoms. The second-order valence-electron chi connectivity index (χ2n) is 16.7. The molecule has 0 spiro atoms. The van der Waals surface area contributed by atoms with Crippen LogP contribution in [0, 0.1) is 0 Å². The Kier molecular flexibility index (Phi) is 17.9. The molecule has 2 N–H and O–H groups in total. The molecule has 0 aliphatic rings. The largest absolute Gasteiger partial charge is 0.481 e. The van der Waals surface area contributed by atoms with Crippen molar-refractivity contribution in [1.29, 1.82) is 0 Å². The zero-order valence-electron chi connectivity index (χ0n) is 39.8. The molecule has 0 bridgehead atoms.